The molecule has 1 N–H and O–H groups in total. The van der Waals surface area contributed by atoms with Crippen molar-refractivity contribution in [1.29, 1.82) is 0 Å². The number of nitrogens with one attached hydrogen (secondary N) is 1. The molecule has 2 aliphatic heterocycles. The smallest absolute Gasteiger partial charge is 0.133 e. The highest BCUT2D eigenvalue weighted by Crippen LogP contribution is 2.36. The van der Waals surface area contributed by atoms with Gasteiger partial charge in [-0.05, 0) is 49.6 Å². The molecule has 4 nitrogen and oxygen atoms in total. The SMILES string of the molecule is Clc1cccc(-n2nc(C3CCCN(Cc4ccccc4)C3)c3c2NCC3)c1. The van der Waals surface area contributed by atoms with Crippen LogP contribution in [0.3, 0.4) is 0 Å². The number of aromatic nitrogens is 2. The minimum absolute atomic E-state index is 0.492. The summed E-state index contributed by atoms with van der Waals surface area (Å²) in [5.74, 6) is 1.64. The van der Waals surface area contributed by atoms with Crippen LogP contribution in [0.2, 0.25) is 5.02 Å². The van der Waals surface area contributed by atoms with Crippen molar-refractivity contribution in [3.63, 3.8) is 0 Å². The minimum atomic E-state index is 0.492. The summed E-state index contributed by atoms with van der Waals surface area (Å²) in [7, 11) is 0. The van der Waals surface area contributed by atoms with Gasteiger partial charge < -0.3 is 5.32 Å². The van der Waals surface area contributed by atoms with Gasteiger partial charge in [0.1, 0.15) is 5.82 Å². The Kier molecular flexibility index (Phi) is 4.83. The first kappa shape index (κ1) is 17.8. The molecule has 144 valence electrons. The number of halogens is 1. The molecule has 1 unspecified atom stereocenters. The average molecular weight is 393 g/mol. The standard InChI is InChI=1S/C23H25ClN4/c24-19-9-4-10-20(14-19)28-23-21(11-12-25-23)22(26-28)18-8-5-13-27(16-18)15-17-6-2-1-3-7-17/h1-4,6-7,9-10,14,18,25H,5,8,11-13,15-16H2. The van der Waals surface area contributed by atoms with E-state index in [0.717, 1.165) is 42.6 Å². The number of nitrogens with zero attached hydrogens (tertiary/aromatic N) is 3. The Bertz CT molecular complexity index is 966. The lowest BCUT2D eigenvalue weighted by atomic mass is 9.91. The number of anilines is 1. The van der Waals surface area contributed by atoms with E-state index in [4.69, 9.17) is 16.7 Å². The van der Waals surface area contributed by atoms with E-state index in [1.54, 1.807) is 0 Å². The van der Waals surface area contributed by atoms with E-state index in [1.807, 2.05) is 18.2 Å². The molecule has 0 bridgehead atoms. The summed E-state index contributed by atoms with van der Waals surface area (Å²) in [4.78, 5) is 2.58. The second-order valence-electron chi connectivity index (χ2n) is 7.84. The number of piperidine rings is 1. The van der Waals surface area contributed by atoms with Gasteiger partial charge in [-0.1, -0.05) is 48.0 Å². The zero-order valence-electron chi connectivity index (χ0n) is 15.9. The number of hydrogen-bond donors (Lipinski definition) is 1. The first-order valence-electron chi connectivity index (χ1n) is 10.2. The maximum Gasteiger partial charge on any atom is 0.133 e. The van der Waals surface area contributed by atoms with Crippen LogP contribution >= 0.6 is 11.6 Å². The Balaban J connectivity index is 1.42. The molecule has 5 heteroatoms. The summed E-state index contributed by atoms with van der Waals surface area (Å²) in [5, 5.41) is 9.36. The zero-order valence-corrected chi connectivity index (χ0v) is 16.7. The fourth-order valence-electron chi connectivity index (χ4n) is 4.59. The Labute approximate surface area is 171 Å². The zero-order chi connectivity index (χ0) is 18.9. The predicted molar refractivity (Wildman–Crippen MR) is 114 cm³/mol. The van der Waals surface area contributed by atoms with Crippen molar-refractivity contribution < 1.29 is 0 Å². The maximum absolute atomic E-state index is 6.23. The molecule has 3 aromatic rings. The molecule has 0 aliphatic carbocycles. The second kappa shape index (κ2) is 7.61. The predicted octanol–water partition coefficient (Wildman–Crippen LogP) is 4.87. The fourth-order valence-corrected chi connectivity index (χ4v) is 4.77. The van der Waals surface area contributed by atoms with E-state index < -0.39 is 0 Å². The van der Waals surface area contributed by atoms with E-state index in [9.17, 15) is 0 Å². The van der Waals surface area contributed by atoms with Gasteiger partial charge in [-0.25, -0.2) is 4.68 Å². The van der Waals surface area contributed by atoms with Crippen LogP contribution in [0, 0.1) is 0 Å². The first-order valence-corrected chi connectivity index (χ1v) is 10.5. The van der Waals surface area contributed by atoms with Gasteiger partial charge in [0, 0.05) is 36.1 Å². The Morgan fingerprint density at radius 3 is 2.86 bits per heavy atom. The Morgan fingerprint density at radius 2 is 2.00 bits per heavy atom. The van der Waals surface area contributed by atoms with Crippen molar-refractivity contribution in [3.05, 3.63) is 76.4 Å². The minimum Gasteiger partial charge on any atom is -0.369 e. The molecule has 0 amide bonds. The number of fused-ring (bicyclic) bond motifs is 1. The highest BCUT2D eigenvalue weighted by molar-refractivity contribution is 6.30. The second-order valence-corrected chi connectivity index (χ2v) is 8.28. The van der Waals surface area contributed by atoms with Gasteiger partial charge in [-0.2, -0.15) is 5.10 Å². The summed E-state index contributed by atoms with van der Waals surface area (Å²) in [6.45, 7) is 4.25. The highest BCUT2D eigenvalue weighted by atomic mass is 35.5. The van der Waals surface area contributed by atoms with Crippen molar-refractivity contribution >= 4 is 17.4 Å². The molecular formula is C23H25ClN4. The largest absolute Gasteiger partial charge is 0.369 e. The summed E-state index contributed by atoms with van der Waals surface area (Å²) >= 11 is 6.23. The van der Waals surface area contributed by atoms with Gasteiger partial charge in [-0.3, -0.25) is 4.90 Å². The first-order chi connectivity index (χ1) is 13.8. The molecule has 1 fully saturated rings. The van der Waals surface area contributed by atoms with Crippen molar-refractivity contribution in [2.75, 3.05) is 25.0 Å². The summed E-state index contributed by atoms with van der Waals surface area (Å²) in [6, 6.07) is 18.7. The van der Waals surface area contributed by atoms with Crippen LogP contribution < -0.4 is 5.32 Å². The summed E-state index contributed by atoms with van der Waals surface area (Å²) in [5.41, 5.74) is 5.09. The molecule has 0 saturated carbocycles. The van der Waals surface area contributed by atoms with Gasteiger partial charge in [0.05, 0.1) is 11.4 Å². The van der Waals surface area contributed by atoms with E-state index in [-0.39, 0.29) is 0 Å². The third-order valence-electron chi connectivity index (χ3n) is 5.88. The molecular weight excluding hydrogens is 368 g/mol. The van der Waals surface area contributed by atoms with Crippen molar-refractivity contribution in [2.24, 2.45) is 0 Å². The Morgan fingerprint density at radius 1 is 1.11 bits per heavy atom. The van der Waals surface area contributed by atoms with Gasteiger partial charge >= 0.3 is 0 Å². The molecule has 28 heavy (non-hydrogen) atoms. The van der Waals surface area contributed by atoms with E-state index >= 15 is 0 Å². The summed E-state index contributed by atoms with van der Waals surface area (Å²) < 4.78 is 2.06. The monoisotopic (exact) mass is 392 g/mol. The Hall–Kier alpha value is -2.30. The van der Waals surface area contributed by atoms with Crippen LogP contribution in [0.1, 0.15) is 35.6 Å². The van der Waals surface area contributed by atoms with Gasteiger partial charge in [0.25, 0.3) is 0 Å². The fraction of sp³-hybridized carbons (Fsp3) is 0.348. The van der Waals surface area contributed by atoms with E-state index in [1.165, 1.54) is 36.2 Å². The van der Waals surface area contributed by atoms with Crippen molar-refractivity contribution in [2.45, 2.75) is 31.7 Å². The third-order valence-corrected chi connectivity index (χ3v) is 6.11. The number of rotatable bonds is 4. The lowest BCUT2D eigenvalue weighted by Crippen LogP contribution is -2.34. The topological polar surface area (TPSA) is 33.1 Å². The van der Waals surface area contributed by atoms with Crippen LogP contribution in [-0.4, -0.2) is 34.3 Å². The third kappa shape index (κ3) is 3.43. The van der Waals surface area contributed by atoms with Gasteiger partial charge in [0.2, 0.25) is 0 Å². The maximum atomic E-state index is 6.23. The number of benzene rings is 2. The van der Waals surface area contributed by atoms with Crippen LogP contribution in [0.4, 0.5) is 5.82 Å². The van der Waals surface area contributed by atoms with Crippen LogP contribution in [-0.2, 0) is 13.0 Å². The van der Waals surface area contributed by atoms with E-state index in [0.29, 0.717) is 5.92 Å². The van der Waals surface area contributed by atoms with E-state index in [2.05, 4.69) is 51.3 Å². The molecule has 2 aromatic carbocycles. The molecule has 1 atom stereocenters. The molecule has 0 spiro atoms. The number of hydrogen-bond acceptors (Lipinski definition) is 3. The molecule has 0 radical (unpaired) electrons. The summed E-state index contributed by atoms with van der Waals surface area (Å²) in [6.07, 6.45) is 3.49. The quantitative estimate of drug-likeness (QED) is 0.687. The molecule has 2 aliphatic rings. The molecule has 1 saturated heterocycles. The normalized spacial score (nSPS) is 19.4. The van der Waals surface area contributed by atoms with Crippen LogP contribution in [0.5, 0.6) is 0 Å². The van der Waals surface area contributed by atoms with Gasteiger partial charge in [-0.15, -0.1) is 0 Å². The van der Waals surface area contributed by atoms with Crippen molar-refractivity contribution in [3.8, 4) is 5.69 Å². The number of likely N-dealkylation sites (tertiary alicyclic amines) is 1. The van der Waals surface area contributed by atoms with Crippen molar-refractivity contribution in [1.82, 2.24) is 14.7 Å². The molecule has 5 rings (SSSR count). The van der Waals surface area contributed by atoms with Gasteiger partial charge in [0.15, 0.2) is 0 Å². The molecule has 3 heterocycles. The average Bonchev–Trinajstić information content (AvgIpc) is 3.32. The lowest BCUT2D eigenvalue weighted by molar-refractivity contribution is 0.198. The van der Waals surface area contributed by atoms with Crippen LogP contribution in [0.15, 0.2) is 54.6 Å². The lowest BCUT2D eigenvalue weighted by Gasteiger charge is -2.32. The molecule has 1 aromatic heterocycles. The highest BCUT2D eigenvalue weighted by Gasteiger charge is 2.30. The van der Waals surface area contributed by atoms with Crippen LogP contribution in [0.25, 0.3) is 5.69 Å².